The Kier molecular flexibility index (Phi) is 33.9. The van der Waals surface area contributed by atoms with E-state index in [1.165, 1.54) is 257 Å². The highest BCUT2D eigenvalue weighted by Crippen LogP contribution is 2.42. The van der Waals surface area contributed by atoms with Gasteiger partial charge in [-0.3, -0.25) is 8.11 Å². The Balaban J connectivity index is 0.973. The van der Waals surface area contributed by atoms with E-state index in [0.717, 1.165) is 118 Å². The van der Waals surface area contributed by atoms with Crippen LogP contribution < -0.4 is 18.9 Å². The van der Waals surface area contributed by atoms with Gasteiger partial charge in [-0.05, 0) is 98.5 Å². The van der Waals surface area contributed by atoms with E-state index in [4.69, 9.17) is 48.9 Å². The fourth-order valence-corrected chi connectivity index (χ4v) is 16.9. The summed E-state index contributed by atoms with van der Waals surface area (Å²) < 4.78 is 46.9. The molecule has 6 heterocycles. The average Bonchev–Trinajstić information content (AvgIpc) is 1.55. The maximum absolute atomic E-state index is 16.8. The van der Waals surface area contributed by atoms with Crippen molar-refractivity contribution in [3.8, 4) is 68.5 Å². The van der Waals surface area contributed by atoms with Crippen LogP contribution in [0.2, 0.25) is 0 Å². The van der Waals surface area contributed by atoms with Gasteiger partial charge in [-0.25, -0.2) is 29.9 Å². The molecular formula is C88H128N8O5Si. The molecule has 0 saturated carbocycles. The monoisotopic (exact) mass is 1400 g/mol. The van der Waals surface area contributed by atoms with Gasteiger partial charge in [0.1, 0.15) is 45.6 Å². The van der Waals surface area contributed by atoms with Crippen molar-refractivity contribution in [1.82, 2.24) is 38.0 Å². The van der Waals surface area contributed by atoms with Crippen LogP contribution in [-0.2, 0) is 4.46 Å². The molecule has 4 aromatic carbocycles. The summed E-state index contributed by atoms with van der Waals surface area (Å²) in [5.74, 6) is 4.85. The lowest BCUT2D eigenvalue weighted by molar-refractivity contribution is 0.304. The molecule has 2 aliphatic heterocycles. The van der Waals surface area contributed by atoms with Crippen molar-refractivity contribution in [3.63, 3.8) is 0 Å². The van der Waals surface area contributed by atoms with Crippen LogP contribution >= 0.6 is 0 Å². The Morgan fingerprint density at radius 2 is 0.461 bits per heavy atom. The van der Waals surface area contributed by atoms with Crippen LogP contribution in [0.5, 0.6) is 23.0 Å². The molecule has 14 heteroatoms. The number of aromatic nitrogens is 8. The van der Waals surface area contributed by atoms with Crippen LogP contribution in [-0.4, -0.2) is 73.1 Å². The van der Waals surface area contributed by atoms with E-state index in [1.807, 2.05) is 32.4 Å². The normalized spacial score (nSPS) is 12.0. The molecule has 0 unspecified atom stereocenters. The molecule has 6 bridgehead atoms. The summed E-state index contributed by atoms with van der Waals surface area (Å²) >= 11 is 0. The maximum atomic E-state index is 16.8. The highest BCUT2D eigenvalue weighted by molar-refractivity contribution is 6.32. The van der Waals surface area contributed by atoms with Crippen molar-refractivity contribution in [2.45, 2.75) is 336 Å². The first-order chi connectivity index (χ1) is 50.5. The van der Waals surface area contributed by atoms with Crippen LogP contribution in [0.15, 0.2) is 72.8 Å². The molecule has 0 fully saturated rings. The fourth-order valence-electron chi connectivity index (χ4n) is 15.3. The molecule has 0 radical (unpaired) electrons. The fraction of sp³-hybridized carbons (Fsp3) is 0.636. The summed E-state index contributed by atoms with van der Waals surface area (Å²) in [6.07, 6.45) is 61.6. The number of unbranched alkanes of at least 4 members (excludes halogenated alkanes) is 44. The van der Waals surface area contributed by atoms with Crippen LogP contribution in [0.4, 0.5) is 0 Å². The first kappa shape index (κ1) is 78.1. The molecule has 0 N–H and O–H groups in total. The van der Waals surface area contributed by atoms with Crippen molar-refractivity contribution in [2.75, 3.05) is 26.4 Å². The molecule has 0 spiro atoms. The highest BCUT2D eigenvalue weighted by atomic mass is 28.2. The molecule has 4 aromatic heterocycles. The van der Waals surface area contributed by atoms with Crippen LogP contribution in [0.25, 0.3) is 89.7 Å². The van der Waals surface area contributed by atoms with Crippen LogP contribution in [0, 0.1) is 0 Å². The topological polar surface area (TPSA) is 140 Å². The maximum Gasteiger partial charge on any atom is 0.544 e. The van der Waals surface area contributed by atoms with Crippen molar-refractivity contribution in [3.05, 3.63) is 72.8 Å². The summed E-state index contributed by atoms with van der Waals surface area (Å²) in [5.41, 5.74) is 5.13. The second kappa shape index (κ2) is 44.3. The van der Waals surface area contributed by atoms with Crippen molar-refractivity contribution < 1.29 is 23.4 Å². The second-order valence-electron chi connectivity index (χ2n) is 30.0. The van der Waals surface area contributed by atoms with Crippen molar-refractivity contribution in [2.24, 2.45) is 0 Å². The van der Waals surface area contributed by atoms with Gasteiger partial charge in [-0.1, -0.05) is 310 Å². The van der Waals surface area contributed by atoms with Gasteiger partial charge in [-0.2, -0.15) is 0 Å². The van der Waals surface area contributed by atoms with Crippen LogP contribution in [0.1, 0.15) is 336 Å². The third-order valence-electron chi connectivity index (χ3n) is 21.5. The predicted molar refractivity (Wildman–Crippen MR) is 427 cm³/mol. The molecule has 554 valence electrons. The lowest BCUT2D eigenvalue weighted by Gasteiger charge is -2.08. The van der Waals surface area contributed by atoms with Gasteiger partial charge in [-0.15, -0.1) is 0 Å². The molecule has 13 nitrogen and oxygen atoms in total. The second-order valence-corrected chi connectivity index (χ2v) is 31.5. The van der Waals surface area contributed by atoms with E-state index < -0.39 is 8.62 Å². The molecular weight excluding hydrogens is 1280 g/mol. The smallest absolute Gasteiger partial charge is 0.494 e. The molecule has 0 saturated heterocycles. The zero-order valence-electron chi connectivity index (χ0n) is 63.8. The van der Waals surface area contributed by atoms with Gasteiger partial charge in [0.2, 0.25) is 0 Å². The van der Waals surface area contributed by atoms with Crippen molar-refractivity contribution >= 4 is 52.8 Å². The Hall–Kier alpha value is -6.54. The lowest BCUT2D eigenvalue weighted by atomic mass is 10.1. The highest BCUT2D eigenvalue weighted by Gasteiger charge is 2.28. The van der Waals surface area contributed by atoms with E-state index in [9.17, 15) is 0 Å². The van der Waals surface area contributed by atoms with Crippen LogP contribution in [0.3, 0.4) is 0 Å². The lowest BCUT2D eigenvalue weighted by Crippen LogP contribution is -2.08. The Bertz CT molecular complexity index is 3710. The van der Waals surface area contributed by atoms with E-state index in [-0.39, 0.29) is 0 Å². The minimum absolute atomic E-state index is 0.466. The minimum atomic E-state index is -3.24. The third kappa shape index (κ3) is 23.2. The predicted octanol–water partition coefficient (Wildman–Crippen LogP) is 26.3. The number of fused-ring (bicyclic) bond motifs is 16. The van der Waals surface area contributed by atoms with Gasteiger partial charge in [0, 0.05) is 43.8 Å². The quantitative estimate of drug-likeness (QED) is 0.0266. The summed E-state index contributed by atoms with van der Waals surface area (Å²) in [4.78, 5) is 32.8. The summed E-state index contributed by atoms with van der Waals surface area (Å²) in [6.45, 7) is 11.6. The Morgan fingerprint density at radius 3 is 0.725 bits per heavy atom. The molecule has 8 aromatic rings. The number of nitrogens with zero attached hydrogens (tertiary/aromatic N) is 8. The average molecular weight is 1410 g/mol. The number of rotatable bonds is 56. The van der Waals surface area contributed by atoms with Gasteiger partial charge < -0.3 is 23.4 Å². The van der Waals surface area contributed by atoms with Gasteiger partial charge >= 0.3 is 8.62 Å². The van der Waals surface area contributed by atoms with Gasteiger partial charge in [0.15, 0.2) is 23.3 Å². The van der Waals surface area contributed by atoms with E-state index in [1.54, 1.807) is 0 Å². The third-order valence-corrected chi connectivity index (χ3v) is 23.1. The van der Waals surface area contributed by atoms with Gasteiger partial charge in [0.05, 0.1) is 26.4 Å². The molecule has 2 aliphatic rings. The van der Waals surface area contributed by atoms with E-state index in [2.05, 4.69) is 76.2 Å². The zero-order chi connectivity index (χ0) is 70.6. The Labute approximate surface area is 614 Å². The van der Waals surface area contributed by atoms with Crippen molar-refractivity contribution in [1.29, 1.82) is 0 Å². The summed E-state index contributed by atoms with van der Waals surface area (Å²) in [7, 11) is -3.24. The summed E-state index contributed by atoms with van der Waals surface area (Å²) in [5, 5.41) is 3.05. The molecule has 0 amide bonds. The summed E-state index contributed by atoms with van der Waals surface area (Å²) in [6, 6.07) is 24.6. The number of benzene rings is 4. The number of ether oxygens (including phenoxy) is 4. The first-order valence-corrected chi connectivity index (χ1v) is 43.3. The largest absolute Gasteiger partial charge is 0.544 e. The molecule has 102 heavy (non-hydrogen) atoms. The standard InChI is InChI=1S/C88H128N8O5Si/c1-5-9-13-17-21-25-29-33-37-41-45-49-61-98-69-53-57-73-77(65-69)83-89-81(73)91-87-80-68-72(101-64-52-48-44-40-36-32-28-24-20-16-12-8-4)56-60-76(80)86-94-84-78-66-70(99-62-50-46-42-38-34-30-26-22-18-14-10-6-2)54-58-74(78)82(90-84)92-88-79-67-71(55-59-75(79)85(93-83)95(88)102(97)96(86)87)100-63-51-47-43-39-35-31-27-23-19-15-11-7-3/h53-60,65-68H,5-52,61-64H2,1-4H3. The van der Waals surface area contributed by atoms with Gasteiger partial charge in [0.25, 0.3) is 0 Å². The SMILES string of the molecule is CCCCCCCCCCCCCCOc1ccc2c(c1)-c1nc-2nc2c3cc(OCCCCCCCCCCCCCC)ccc3c3nc4nc(nc5c6cc(OCCCCCCCCCCCCCC)ccc6c(n1)n5[si](=O)n32)-c1ccc(OCCCCCCCCCCCCCC)cc1-4. The van der Waals surface area contributed by atoms with E-state index >= 15 is 4.46 Å². The zero-order valence-corrected chi connectivity index (χ0v) is 64.8. The molecule has 0 aliphatic carbocycles. The molecule has 0 atom stereocenters. The first-order valence-electron chi connectivity index (χ1n) is 42.0. The minimum Gasteiger partial charge on any atom is -0.494 e. The Morgan fingerprint density at radius 1 is 0.245 bits per heavy atom. The molecule has 10 rings (SSSR count). The van der Waals surface area contributed by atoms with E-state index in [0.29, 0.717) is 72.3 Å². The number of hydrogen-bond donors (Lipinski definition) is 0. The number of hydrogen-bond acceptors (Lipinski definition) is 11.